The molecule has 0 saturated carbocycles. The highest BCUT2D eigenvalue weighted by Gasteiger charge is 2.13. The van der Waals surface area contributed by atoms with Crippen LogP contribution in [0.5, 0.6) is 5.75 Å². The fourth-order valence-electron chi connectivity index (χ4n) is 2.29. The molecule has 128 valence electrons. The number of hydrogen-bond donors (Lipinski definition) is 1. The van der Waals surface area contributed by atoms with E-state index in [9.17, 15) is 4.79 Å². The fourth-order valence-corrected chi connectivity index (χ4v) is 3.21. The molecule has 0 aliphatic carbocycles. The molecule has 0 bridgehead atoms. The zero-order chi connectivity index (χ0) is 17.6. The van der Waals surface area contributed by atoms with Gasteiger partial charge in [-0.1, -0.05) is 17.3 Å². The van der Waals surface area contributed by atoms with Gasteiger partial charge < -0.3 is 14.6 Å². The zero-order valence-electron chi connectivity index (χ0n) is 14.0. The topological polar surface area (TPSA) is 64.4 Å². The van der Waals surface area contributed by atoms with Crippen LogP contribution in [0.15, 0.2) is 64.0 Å². The van der Waals surface area contributed by atoms with E-state index in [1.165, 1.54) is 0 Å². The Bertz CT molecular complexity index is 859. The molecule has 2 aromatic carbocycles. The maximum absolute atomic E-state index is 12.6. The van der Waals surface area contributed by atoms with Crippen LogP contribution in [0.1, 0.15) is 21.8 Å². The van der Waals surface area contributed by atoms with Crippen LogP contribution in [0.3, 0.4) is 0 Å². The van der Waals surface area contributed by atoms with Gasteiger partial charge in [-0.05, 0) is 43.3 Å². The molecule has 3 aromatic rings. The molecule has 3 rings (SSSR count). The first-order chi connectivity index (χ1) is 12.2. The molecule has 0 unspecified atom stereocenters. The predicted molar refractivity (Wildman–Crippen MR) is 98.2 cm³/mol. The normalized spacial score (nSPS) is 10.5. The fraction of sp³-hybridized carbons (Fsp3) is 0.158. The average molecular weight is 354 g/mol. The van der Waals surface area contributed by atoms with E-state index in [2.05, 4.69) is 10.5 Å². The summed E-state index contributed by atoms with van der Waals surface area (Å²) < 4.78 is 10.3. The van der Waals surface area contributed by atoms with Crippen LogP contribution < -0.4 is 10.1 Å². The van der Waals surface area contributed by atoms with Gasteiger partial charge in [0.15, 0.2) is 0 Å². The molecule has 0 radical (unpaired) electrons. The van der Waals surface area contributed by atoms with E-state index >= 15 is 0 Å². The Morgan fingerprint density at radius 3 is 2.64 bits per heavy atom. The number of methoxy groups -OCH3 is 1. The van der Waals surface area contributed by atoms with Crippen molar-refractivity contribution in [3.8, 4) is 5.75 Å². The van der Waals surface area contributed by atoms with E-state index in [0.29, 0.717) is 11.3 Å². The molecule has 0 aliphatic heterocycles. The molecule has 0 aliphatic rings. The summed E-state index contributed by atoms with van der Waals surface area (Å²) in [4.78, 5) is 13.5. The average Bonchev–Trinajstić information content (AvgIpc) is 3.06. The van der Waals surface area contributed by atoms with Gasteiger partial charge in [0.25, 0.3) is 5.91 Å². The highest BCUT2D eigenvalue weighted by Crippen LogP contribution is 2.27. The van der Waals surface area contributed by atoms with Crippen molar-refractivity contribution in [1.29, 1.82) is 0 Å². The molecule has 1 amide bonds. The number of ether oxygens (including phenoxy) is 1. The van der Waals surface area contributed by atoms with Crippen molar-refractivity contribution in [2.45, 2.75) is 17.6 Å². The van der Waals surface area contributed by atoms with Gasteiger partial charge in [0.2, 0.25) is 0 Å². The van der Waals surface area contributed by atoms with Gasteiger partial charge in [-0.25, -0.2) is 0 Å². The minimum absolute atomic E-state index is 0.151. The molecule has 0 spiro atoms. The number of nitrogens with zero attached hydrogens (tertiary/aromatic N) is 1. The zero-order valence-corrected chi connectivity index (χ0v) is 14.8. The standard InChI is InChI=1S/C19H18N2O3S/c1-13-11-16(24-21-13)12-25-18-6-4-3-5-17(18)19(22)20-14-7-9-15(23-2)10-8-14/h3-11H,12H2,1-2H3,(H,20,22). The molecule has 1 aromatic heterocycles. The van der Waals surface area contributed by atoms with E-state index in [1.807, 2.05) is 61.5 Å². The lowest BCUT2D eigenvalue weighted by Crippen LogP contribution is -2.12. The third-order valence-electron chi connectivity index (χ3n) is 3.53. The summed E-state index contributed by atoms with van der Waals surface area (Å²) in [6.45, 7) is 1.88. The molecular formula is C19H18N2O3S. The van der Waals surface area contributed by atoms with Crippen molar-refractivity contribution in [3.63, 3.8) is 0 Å². The molecule has 5 nitrogen and oxygen atoms in total. The van der Waals surface area contributed by atoms with Crippen LogP contribution in [0.4, 0.5) is 5.69 Å². The summed E-state index contributed by atoms with van der Waals surface area (Å²) in [5, 5.41) is 6.79. The van der Waals surface area contributed by atoms with E-state index in [4.69, 9.17) is 9.26 Å². The number of hydrogen-bond acceptors (Lipinski definition) is 5. The van der Waals surface area contributed by atoms with Crippen LogP contribution >= 0.6 is 11.8 Å². The van der Waals surface area contributed by atoms with Crippen LogP contribution in [0.25, 0.3) is 0 Å². The van der Waals surface area contributed by atoms with Crippen LogP contribution in [0, 0.1) is 6.92 Å². The highest BCUT2D eigenvalue weighted by atomic mass is 32.2. The van der Waals surface area contributed by atoms with Crippen molar-refractivity contribution < 1.29 is 14.1 Å². The number of anilines is 1. The molecule has 1 N–H and O–H groups in total. The number of thioether (sulfide) groups is 1. The summed E-state index contributed by atoms with van der Waals surface area (Å²) >= 11 is 1.54. The van der Waals surface area contributed by atoms with Crippen LogP contribution in [0.2, 0.25) is 0 Å². The lowest BCUT2D eigenvalue weighted by molar-refractivity contribution is 0.102. The number of benzene rings is 2. The summed E-state index contributed by atoms with van der Waals surface area (Å²) in [6, 6.07) is 16.6. The van der Waals surface area contributed by atoms with E-state index in [1.54, 1.807) is 18.9 Å². The Morgan fingerprint density at radius 2 is 1.96 bits per heavy atom. The Kier molecular flexibility index (Phi) is 5.40. The first-order valence-corrected chi connectivity index (χ1v) is 8.73. The molecule has 6 heteroatoms. The number of carbonyl (C=O) groups is 1. The van der Waals surface area contributed by atoms with E-state index < -0.39 is 0 Å². The number of aromatic nitrogens is 1. The lowest BCUT2D eigenvalue weighted by Gasteiger charge is -2.10. The molecule has 0 saturated heterocycles. The lowest BCUT2D eigenvalue weighted by atomic mass is 10.2. The monoisotopic (exact) mass is 354 g/mol. The maximum atomic E-state index is 12.6. The number of aryl methyl sites for hydroxylation is 1. The molecule has 25 heavy (non-hydrogen) atoms. The Balaban J connectivity index is 1.71. The Morgan fingerprint density at radius 1 is 1.20 bits per heavy atom. The first kappa shape index (κ1) is 17.1. The second kappa shape index (κ2) is 7.90. The van der Waals surface area contributed by atoms with Crippen molar-refractivity contribution in [2.75, 3.05) is 12.4 Å². The highest BCUT2D eigenvalue weighted by molar-refractivity contribution is 7.98. The molecular weight excluding hydrogens is 336 g/mol. The van der Waals surface area contributed by atoms with Crippen LogP contribution in [-0.2, 0) is 5.75 Å². The third-order valence-corrected chi connectivity index (χ3v) is 4.62. The van der Waals surface area contributed by atoms with Gasteiger partial charge in [0.1, 0.15) is 11.5 Å². The molecule has 0 fully saturated rings. The van der Waals surface area contributed by atoms with Crippen molar-refractivity contribution in [3.05, 3.63) is 71.6 Å². The van der Waals surface area contributed by atoms with E-state index in [-0.39, 0.29) is 5.91 Å². The van der Waals surface area contributed by atoms with Crippen molar-refractivity contribution >= 4 is 23.4 Å². The second-order valence-corrected chi connectivity index (χ2v) is 6.42. The number of rotatable bonds is 6. The number of carbonyl (C=O) groups excluding carboxylic acids is 1. The van der Waals surface area contributed by atoms with Crippen molar-refractivity contribution in [1.82, 2.24) is 5.16 Å². The Hall–Kier alpha value is -2.73. The van der Waals surface area contributed by atoms with Gasteiger partial charge in [0, 0.05) is 16.6 Å². The predicted octanol–water partition coefficient (Wildman–Crippen LogP) is 4.54. The number of amides is 1. The first-order valence-electron chi connectivity index (χ1n) is 7.75. The largest absolute Gasteiger partial charge is 0.497 e. The van der Waals surface area contributed by atoms with Gasteiger partial charge in [-0.2, -0.15) is 0 Å². The quantitative estimate of drug-likeness (QED) is 0.659. The molecule has 1 heterocycles. The SMILES string of the molecule is COc1ccc(NC(=O)c2ccccc2SCc2cc(C)no2)cc1. The molecule has 0 atom stereocenters. The van der Waals surface area contributed by atoms with Gasteiger partial charge in [0.05, 0.1) is 24.1 Å². The van der Waals surface area contributed by atoms with Crippen LogP contribution in [-0.4, -0.2) is 18.2 Å². The third kappa shape index (κ3) is 4.42. The van der Waals surface area contributed by atoms with Crippen molar-refractivity contribution in [2.24, 2.45) is 0 Å². The van der Waals surface area contributed by atoms with Gasteiger partial charge >= 0.3 is 0 Å². The minimum atomic E-state index is -0.151. The summed E-state index contributed by atoms with van der Waals surface area (Å²) in [6.07, 6.45) is 0. The van der Waals surface area contributed by atoms with Gasteiger partial charge in [-0.3, -0.25) is 4.79 Å². The smallest absolute Gasteiger partial charge is 0.256 e. The maximum Gasteiger partial charge on any atom is 0.256 e. The summed E-state index contributed by atoms with van der Waals surface area (Å²) in [5.41, 5.74) is 2.19. The minimum Gasteiger partial charge on any atom is -0.497 e. The van der Waals surface area contributed by atoms with E-state index in [0.717, 1.165) is 27.8 Å². The Labute approximate surface area is 150 Å². The summed E-state index contributed by atoms with van der Waals surface area (Å²) in [7, 11) is 1.61. The second-order valence-electron chi connectivity index (χ2n) is 5.40. The number of nitrogens with one attached hydrogen (secondary N) is 1. The summed E-state index contributed by atoms with van der Waals surface area (Å²) in [5.74, 6) is 2.00. The van der Waals surface area contributed by atoms with Gasteiger partial charge in [-0.15, -0.1) is 11.8 Å².